The van der Waals surface area contributed by atoms with Crippen LogP contribution in [0.5, 0.6) is 5.75 Å². The topological polar surface area (TPSA) is 96.8 Å². The molecule has 9 nitrogen and oxygen atoms in total. The zero-order chi connectivity index (χ0) is 24.6. The van der Waals surface area contributed by atoms with Crippen molar-refractivity contribution in [3.63, 3.8) is 0 Å². The van der Waals surface area contributed by atoms with Gasteiger partial charge in [-0.1, -0.05) is 12.1 Å². The number of tetrazole rings is 1. The summed E-state index contributed by atoms with van der Waals surface area (Å²) in [5.41, 5.74) is 5.76. The van der Waals surface area contributed by atoms with Crippen molar-refractivity contribution < 1.29 is 9.53 Å². The normalized spacial score (nSPS) is 11.1. The summed E-state index contributed by atoms with van der Waals surface area (Å²) in [7, 11) is 1.56. The lowest BCUT2D eigenvalue weighted by Crippen LogP contribution is -2.23. The van der Waals surface area contributed by atoms with E-state index in [1.165, 1.54) is 9.36 Å². The van der Waals surface area contributed by atoms with Crippen LogP contribution in [0.1, 0.15) is 39.7 Å². The van der Waals surface area contributed by atoms with Gasteiger partial charge in [-0.2, -0.15) is 14.5 Å². The molecule has 0 aliphatic rings. The monoisotopic (exact) mass is 480 g/mol. The summed E-state index contributed by atoms with van der Waals surface area (Å²) in [5, 5.41) is 11.8. The van der Waals surface area contributed by atoms with Crippen molar-refractivity contribution in [3.8, 4) is 22.7 Å². The van der Waals surface area contributed by atoms with E-state index in [-0.39, 0.29) is 12.3 Å². The number of aryl methyl sites for hydroxylation is 4. The van der Waals surface area contributed by atoms with Crippen LogP contribution in [0.4, 0.5) is 0 Å². The number of hydrogen-bond acceptors (Lipinski definition) is 6. The lowest BCUT2D eigenvalue weighted by molar-refractivity contribution is 0.107. The maximum Gasteiger partial charge on any atom is 0.368 e. The number of aromatic nitrogens is 6. The first-order chi connectivity index (χ1) is 16.2. The van der Waals surface area contributed by atoms with Gasteiger partial charge in [0, 0.05) is 30.3 Å². The number of ether oxygens (including phenoxy) is 1. The molecule has 0 unspecified atom stereocenters. The highest BCUT2D eigenvalue weighted by Gasteiger charge is 2.20. The Kier molecular flexibility index (Phi) is 6.39. The third-order valence-electron chi connectivity index (χ3n) is 5.83. The second-order valence-electron chi connectivity index (χ2n) is 8.05. The highest BCUT2D eigenvalue weighted by Crippen LogP contribution is 2.30. The van der Waals surface area contributed by atoms with E-state index in [1.807, 2.05) is 64.1 Å². The molecule has 0 aliphatic heterocycles. The summed E-state index contributed by atoms with van der Waals surface area (Å²) in [5.74, 6) is 0.700. The van der Waals surface area contributed by atoms with Gasteiger partial charge in [0.05, 0.1) is 11.4 Å². The fraction of sp³-hybridized carbons (Fsp3) is 0.292. The smallest absolute Gasteiger partial charge is 0.368 e. The summed E-state index contributed by atoms with van der Waals surface area (Å²) >= 11 is 5.78. The zero-order valence-corrected chi connectivity index (χ0v) is 20.4. The second kappa shape index (κ2) is 9.26. The summed E-state index contributed by atoms with van der Waals surface area (Å²) < 4.78 is 10.2. The maximum atomic E-state index is 12.4. The van der Waals surface area contributed by atoms with Gasteiger partial charge in [0.1, 0.15) is 18.1 Å². The van der Waals surface area contributed by atoms with Crippen molar-refractivity contribution in [2.24, 2.45) is 7.05 Å². The molecule has 0 amide bonds. The number of benzene rings is 2. The molecule has 0 bridgehead atoms. The Balaban J connectivity index is 1.63. The van der Waals surface area contributed by atoms with E-state index >= 15 is 0 Å². The predicted octanol–water partition coefficient (Wildman–Crippen LogP) is 3.73. The fourth-order valence-corrected chi connectivity index (χ4v) is 4.19. The number of rotatable bonds is 7. The van der Waals surface area contributed by atoms with Gasteiger partial charge in [-0.15, -0.1) is 0 Å². The standard InChI is InChI=1S/C24H25ClN6O3/c1-6-30-22(23(25)32)16(4)21(26-30)17-10-11-20(15(3)12-17)34-13-18-14(2)8-7-9-19(18)31-24(33)29(5)27-28-31/h7-12H,6,13H2,1-5H3. The molecule has 0 saturated carbocycles. The molecule has 0 atom stereocenters. The van der Waals surface area contributed by atoms with Crippen LogP contribution in [0.2, 0.25) is 0 Å². The Hall–Kier alpha value is -3.72. The van der Waals surface area contributed by atoms with E-state index in [0.717, 1.165) is 27.8 Å². The van der Waals surface area contributed by atoms with E-state index in [0.29, 0.717) is 29.4 Å². The number of halogens is 1. The van der Waals surface area contributed by atoms with Crippen molar-refractivity contribution in [2.45, 2.75) is 40.8 Å². The van der Waals surface area contributed by atoms with E-state index in [1.54, 1.807) is 11.7 Å². The second-order valence-corrected chi connectivity index (χ2v) is 8.39. The van der Waals surface area contributed by atoms with Gasteiger partial charge >= 0.3 is 5.69 Å². The summed E-state index contributed by atoms with van der Waals surface area (Å²) in [6.45, 7) is 8.46. The Morgan fingerprint density at radius 2 is 1.85 bits per heavy atom. The molecular weight excluding hydrogens is 456 g/mol. The first-order valence-corrected chi connectivity index (χ1v) is 11.2. The van der Waals surface area contributed by atoms with Crippen LogP contribution < -0.4 is 10.4 Å². The molecule has 2 aromatic heterocycles. The summed E-state index contributed by atoms with van der Waals surface area (Å²) in [6, 6.07) is 11.4. The van der Waals surface area contributed by atoms with Crippen molar-refractivity contribution >= 4 is 16.8 Å². The first kappa shape index (κ1) is 23.4. The van der Waals surface area contributed by atoms with Gasteiger partial charge in [0.2, 0.25) is 0 Å². The minimum Gasteiger partial charge on any atom is -0.489 e. The Labute approximate surface area is 201 Å². The Bertz CT molecular complexity index is 1450. The predicted molar refractivity (Wildman–Crippen MR) is 129 cm³/mol. The molecule has 0 spiro atoms. The zero-order valence-electron chi connectivity index (χ0n) is 19.7. The van der Waals surface area contributed by atoms with Gasteiger partial charge in [-0.25, -0.2) is 4.79 Å². The molecule has 0 fully saturated rings. The van der Waals surface area contributed by atoms with Gasteiger partial charge in [-0.3, -0.25) is 9.48 Å². The van der Waals surface area contributed by atoms with Crippen LogP contribution in [-0.2, 0) is 20.2 Å². The highest BCUT2D eigenvalue weighted by molar-refractivity contribution is 6.67. The van der Waals surface area contributed by atoms with E-state index < -0.39 is 5.24 Å². The van der Waals surface area contributed by atoms with Crippen LogP contribution >= 0.6 is 11.6 Å². The van der Waals surface area contributed by atoms with Gasteiger partial charge in [0.15, 0.2) is 0 Å². The largest absolute Gasteiger partial charge is 0.489 e. The molecule has 176 valence electrons. The van der Waals surface area contributed by atoms with Crippen LogP contribution in [-0.4, -0.2) is 34.8 Å². The number of carbonyl (C=O) groups is 1. The molecule has 10 heteroatoms. The maximum absolute atomic E-state index is 12.4. The van der Waals surface area contributed by atoms with Gasteiger partial charge in [-0.05, 0) is 85.1 Å². The van der Waals surface area contributed by atoms with Crippen molar-refractivity contribution in [2.75, 3.05) is 0 Å². The first-order valence-electron chi connectivity index (χ1n) is 10.8. The number of nitrogens with zero attached hydrogens (tertiary/aromatic N) is 6. The van der Waals surface area contributed by atoms with E-state index in [9.17, 15) is 9.59 Å². The molecule has 0 radical (unpaired) electrons. The summed E-state index contributed by atoms with van der Waals surface area (Å²) in [4.78, 5) is 24.2. The molecule has 0 N–H and O–H groups in total. The van der Waals surface area contributed by atoms with Crippen molar-refractivity contribution in [1.29, 1.82) is 0 Å². The molecule has 34 heavy (non-hydrogen) atoms. The molecule has 0 saturated heterocycles. The average Bonchev–Trinajstić information content (AvgIpc) is 3.32. The van der Waals surface area contributed by atoms with Crippen LogP contribution in [0.15, 0.2) is 41.2 Å². The van der Waals surface area contributed by atoms with Crippen molar-refractivity contribution in [1.82, 2.24) is 29.6 Å². The quantitative estimate of drug-likeness (QED) is 0.374. The third-order valence-corrected chi connectivity index (χ3v) is 6.01. The average molecular weight is 481 g/mol. The molecule has 4 aromatic rings. The van der Waals surface area contributed by atoms with E-state index in [2.05, 4.69) is 15.5 Å². The molecule has 0 aliphatic carbocycles. The van der Waals surface area contributed by atoms with Crippen LogP contribution in [0, 0.1) is 20.8 Å². The number of hydrogen-bond donors (Lipinski definition) is 0. The lowest BCUT2D eigenvalue weighted by atomic mass is 10.0. The Morgan fingerprint density at radius 3 is 2.44 bits per heavy atom. The lowest BCUT2D eigenvalue weighted by Gasteiger charge is -2.14. The van der Waals surface area contributed by atoms with Crippen molar-refractivity contribution in [3.05, 3.63) is 74.8 Å². The molecule has 2 heterocycles. The third kappa shape index (κ3) is 4.14. The fourth-order valence-electron chi connectivity index (χ4n) is 3.95. The number of carbonyl (C=O) groups excluding carboxylic acids is 1. The SMILES string of the molecule is CCn1nc(-c2ccc(OCc3c(C)cccc3-n3nnn(C)c3=O)c(C)c2)c(C)c1C(=O)Cl. The minimum atomic E-state index is -0.522. The molecule has 2 aromatic carbocycles. The van der Waals surface area contributed by atoms with Gasteiger partial charge in [0.25, 0.3) is 5.24 Å². The summed E-state index contributed by atoms with van der Waals surface area (Å²) in [6.07, 6.45) is 0. The highest BCUT2D eigenvalue weighted by atomic mass is 35.5. The molecular formula is C24H25ClN6O3. The van der Waals surface area contributed by atoms with Crippen LogP contribution in [0.3, 0.4) is 0 Å². The van der Waals surface area contributed by atoms with Gasteiger partial charge < -0.3 is 4.74 Å². The Morgan fingerprint density at radius 1 is 1.09 bits per heavy atom. The molecule has 4 rings (SSSR count). The minimum absolute atomic E-state index is 0.250. The van der Waals surface area contributed by atoms with E-state index in [4.69, 9.17) is 16.3 Å². The van der Waals surface area contributed by atoms with Crippen LogP contribution in [0.25, 0.3) is 16.9 Å².